The maximum atomic E-state index is 12.0. The number of nitrogens with one attached hydrogen (secondary N) is 1. The fourth-order valence-corrected chi connectivity index (χ4v) is 1.66. The molecule has 102 valence electrons. The molecule has 0 aliphatic heterocycles. The van der Waals surface area contributed by atoms with Gasteiger partial charge in [0.25, 0.3) is 5.91 Å². The summed E-state index contributed by atoms with van der Waals surface area (Å²) in [6.07, 6.45) is 1.53. The molecule has 1 heterocycles. The molecule has 0 saturated heterocycles. The van der Waals surface area contributed by atoms with Crippen molar-refractivity contribution in [2.45, 2.75) is 13.5 Å². The van der Waals surface area contributed by atoms with Gasteiger partial charge in [0.2, 0.25) is 0 Å². The number of nitrogens with two attached hydrogens (primary N) is 1. The molecular formula is C13H14N6O. The van der Waals surface area contributed by atoms with Crippen molar-refractivity contribution in [1.82, 2.24) is 15.0 Å². The second-order valence-electron chi connectivity index (χ2n) is 4.25. The van der Waals surface area contributed by atoms with Crippen LogP contribution in [0.15, 0.2) is 24.4 Å². The molecule has 3 N–H and O–H groups in total. The first-order valence-electron chi connectivity index (χ1n) is 6.06. The van der Waals surface area contributed by atoms with Gasteiger partial charge in [-0.25, -0.2) is 0 Å². The molecular weight excluding hydrogens is 256 g/mol. The van der Waals surface area contributed by atoms with E-state index >= 15 is 0 Å². The molecule has 0 atom stereocenters. The van der Waals surface area contributed by atoms with Crippen LogP contribution in [0.3, 0.4) is 0 Å². The van der Waals surface area contributed by atoms with Crippen molar-refractivity contribution >= 4 is 11.6 Å². The average Bonchev–Trinajstić information content (AvgIpc) is 2.90. The zero-order valence-electron chi connectivity index (χ0n) is 11.0. The molecule has 0 spiro atoms. The van der Waals surface area contributed by atoms with Gasteiger partial charge in [-0.2, -0.15) is 5.26 Å². The second kappa shape index (κ2) is 5.95. The minimum Gasteiger partial charge on any atom is -0.329 e. The SMILES string of the molecule is Cc1ccc(C#N)cc1NC(=O)c1cn(CCN)nn1. The molecule has 2 aromatic rings. The highest BCUT2D eigenvalue weighted by molar-refractivity contribution is 6.03. The van der Waals surface area contributed by atoms with Crippen LogP contribution in [0.1, 0.15) is 21.6 Å². The summed E-state index contributed by atoms with van der Waals surface area (Å²) in [6, 6.07) is 7.13. The van der Waals surface area contributed by atoms with E-state index in [0.717, 1.165) is 5.56 Å². The van der Waals surface area contributed by atoms with Gasteiger partial charge in [-0.3, -0.25) is 9.48 Å². The van der Waals surface area contributed by atoms with E-state index < -0.39 is 0 Å². The molecule has 0 aliphatic carbocycles. The Hall–Kier alpha value is -2.72. The number of carbonyl (C=O) groups excluding carboxylic acids is 1. The van der Waals surface area contributed by atoms with Crippen molar-refractivity contribution in [3.05, 3.63) is 41.2 Å². The molecule has 7 heteroatoms. The minimum atomic E-state index is -0.369. The molecule has 1 aromatic carbocycles. The lowest BCUT2D eigenvalue weighted by Crippen LogP contribution is -2.13. The number of rotatable bonds is 4. The number of nitriles is 1. The van der Waals surface area contributed by atoms with E-state index in [0.29, 0.717) is 24.3 Å². The second-order valence-corrected chi connectivity index (χ2v) is 4.25. The van der Waals surface area contributed by atoms with Gasteiger partial charge in [0.05, 0.1) is 24.4 Å². The van der Waals surface area contributed by atoms with Gasteiger partial charge in [-0.05, 0) is 24.6 Å². The summed E-state index contributed by atoms with van der Waals surface area (Å²) in [7, 11) is 0. The van der Waals surface area contributed by atoms with Crippen LogP contribution < -0.4 is 11.1 Å². The molecule has 2 rings (SSSR count). The highest BCUT2D eigenvalue weighted by Gasteiger charge is 2.12. The van der Waals surface area contributed by atoms with Crippen LogP contribution in [0.5, 0.6) is 0 Å². The third kappa shape index (κ3) is 2.99. The van der Waals surface area contributed by atoms with Crippen LogP contribution in [0.4, 0.5) is 5.69 Å². The Kier molecular flexibility index (Phi) is 4.08. The van der Waals surface area contributed by atoms with Crippen LogP contribution in [0, 0.1) is 18.3 Å². The van der Waals surface area contributed by atoms with E-state index in [1.54, 1.807) is 18.2 Å². The number of amides is 1. The van der Waals surface area contributed by atoms with Gasteiger partial charge in [-0.15, -0.1) is 5.10 Å². The van der Waals surface area contributed by atoms with Crippen LogP contribution in [-0.2, 0) is 6.54 Å². The number of carbonyl (C=O) groups is 1. The Labute approximate surface area is 116 Å². The summed E-state index contributed by atoms with van der Waals surface area (Å²) < 4.78 is 1.51. The predicted molar refractivity (Wildman–Crippen MR) is 72.9 cm³/mol. The molecule has 0 saturated carbocycles. The molecule has 1 amide bonds. The fourth-order valence-electron chi connectivity index (χ4n) is 1.66. The number of hydrogen-bond donors (Lipinski definition) is 2. The first-order valence-corrected chi connectivity index (χ1v) is 6.06. The zero-order valence-corrected chi connectivity index (χ0v) is 11.0. The predicted octanol–water partition coefficient (Wildman–Crippen LogP) is 0.669. The Morgan fingerprint density at radius 1 is 1.55 bits per heavy atom. The first-order chi connectivity index (χ1) is 9.63. The van der Waals surface area contributed by atoms with Crippen molar-refractivity contribution in [2.24, 2.45) is 5.73 Å². The minimum absolute atomic E-state index is 0.209. The number of benzene rings is 1. The maximum absolute atomic E-state index is 12.0. The van der Waals surface area contributed by atoms with Gasteiger partial charge in [0, 0.05) is 12.2 Å². The lowest BCUT2D eigenvalue weighted by atomic mass is 10.1. The lowest BCUT2D eigenvalue weighted by molar-refractivity contribution is 0.102. The van der Waals surface area contributed by atoms with Crippen LogP contribution in [-0.4, -0.2) is 27.4 Å². The summed E-state index contributed by atoms with van der Waals surface area (Å²) in [5.41, 5.74) is 7.55. The van der Waals surface area contributed by atoms with Crippen molar-refractivity contribution in [2.75, 3.05) is 11.9 Å². The largest absolute Gasteiger partial charge is 0.329 e. The van der Waals surface area contributed by atoms with Crippen molar-refractivity contribution in [3.63, 3.8) is 0 Å². The first kappa shape index (κ1) is 13.7. The van der Waals surface area contributed by atoms with Crippen molar-refractivity contribution < 1.29 is 4.79 Å². The van der Waals surface area contributed by atoms with E-state index in [4.69, 9.17) is 11.0 Å². The topological polar surface area (TPSA) is 110 Å². The average molecular weight is 270 g/mol. The van der Waals surface area contributed by atoms with Gasteiger partial charge in [0.15, 0.2) is 5.69 Å². The molecule has 7 nitrogen and oxygen atoms in total. The number of nitrogens with zero attached hydrogens (tertiary/aromatic N) is 4. The summed E-state index contributed by atoms with van der Waals surface area (Å²) in [4.78, 5) is 12.0. The maximum Gasteiger partial charge on any atom is 0.277 e. The molecule has 1 aromatic heterocycles. The van der Waals surface area contributed by atoms with Gasteiger partial charge >= 0.3 is 0 Å². The smallest absolute Gasteiger partial charge is 0.277 e. The fraction of sp³-hybridized carbons (Fsp3) is 0.231. The third-order valence-corrected chi connectivity index (χ3v) is 2.74. The third-order valence-electron chi connectivity index (χ3n) is 2.74. The van der Waals surface area contributed by atoms with Crippen LogP contribution in [0.25, 0.3) is 0 Å². The number of aromatic nitrogens is 3. The Morgan fingerprint density at radius 2 is 2.35 bits per heavy atom. The van der Waals surface area contributed by atoms with E-state index in [9.17, 15) is 4.79 Å². The van der Waals surface area contributed by atoms with Crippen LogP contribution in [0.2, 0.25) is 0 Å². The molecule has 20 heavy (non-hydrogen) atoms. The molecule has 0 aliphatic rings. The van der Waals surface area contributed by atoms with Crippen molar-refractivity contribution in [1.29, 1.82) is 5.26 Å². The molecule has 0 radical (unpaired) electrons. The molecule has 0 unspecified atom stereocenters. The monoisotopic (exact) mass is 270 g/mol. The normalized spacial score (nSPS) is 10.1. The molecule has 0 bridgehead atoms. The number of aryl methyl sites for hydroxylation is 1. The van der Waals surface area contributed by atoms with Crippen LogP contribution >= 0.6 is 0 Å². The zero-order chi connectivity index (χ0) is 14.5. The standard InChI is InChI=1S/C13H14N6O/c1-9-2-3-10(7-15)6-11(9)16-13(20)12-8-19(5-4-14)18-17-12/h2-3,6,8H,4-5,14H2,1H3,(H,16,20). The van der Waals surface area contributed by atoms with Gasteiger partial charge in [0.1, 0.15) is 0 Å². The highest BCUT2D eigenvalue weighted by Crippen LogP contribution is 2.17. The Bertz CT molecular complexity index is 670. The summed E-state index contributed by atoms with van der Waals surface area (Å²) in [5, 5.41) is 19.2. The summed E-state index contributed by atoms with van der Waals surface area (Å²) in [6.45, 7) is 2.78. The molecule has 0 fully saturated rings. The van der Waals surface area contributed by atoms with E-state index in [-0.39, 0.29) is 11.6 Å². The van der Waals surface area contributed by atoms with Gasteiger partial charge < -0.3 is 11.1 Å². The quantitative estimate of drug-likeness (QED) is 0.848. The number of anilines is 1. The van der Waals surface area contributed by atoms with E-state index in [1.807, 2.05) is 13.0 Å². The number of hydrogen-bond acceptors (Lipinski definition) is 5. The summed E-state index contributed by atoms with van der Waals surface area (Å²) in [5.74, 6) is -0.369. The van der Waals surface area contributed by atoms with E-state index in [2.05, 4.69) is 15.6 Å². The Balaban J connectivity index is 2.16. The highest BCUT2D eigenvalue weighted by atomic mass is 16.2. The summed E-state index contributed by atoms with van der Waals surface area (Å²) >= 11 is 0. The van der Waals surface area contributed by atoms with Gasteiger partial charge in [-0.1, -0.05) is 11.3 Å². The lowest BCUT2D eigenvalue weighted by Gasteiger charge is -2.06. The van der Waals surface area contributed by atoms with E-state index in [1.165, 1.54) is 10.9 Å². The Morgan fingerprint density at radius 3 is 3.05 bits per heavy atom. The van der Waals surface area contributed by atoms with Crippen molar-refractivity contribution in [3.8, 4) is 6.07 Å².